The molecule has 2 rings (SSSR count). The quantitative estimate of drug-likeness (QED) is 0.721. The molecule has 1 N–H and O–H groups in total. The number of aromatic nitrogens is 1. The molecule has 0 spiro atoms. The Morgan fingerprint density at radius 1 is 1.10 bits per heavy atom. The summed E-state index contributed by atoms with van der Waals surface area (Å²) in [5.74, 6) is 0. The molecule has 0 aliphatic heterocycles. The molecule has 0 unspecified atom stereocenters. The Hall–Kier alpha value is -1.49. The van der Waals surface area contributed by atoms with Gasteiger partial charge in [-0.25, -0.2) is 0 Å². The molecular formula is C17H24N2O2. The molecule has 0 saturated carbocycles. The van der Waals surface area contributed by atoms with Crippen LogP contribution in [0.2, 0.25) is 0 Å². The lowest BCUT2D eigenvalue weighted by molar-refractivity contribution is 0.0695. The van der Waals surface area contributed by atoms with Gasteiger partial charge in [0.15, 0.2) is 0 Å². The maximum Gasteiger partial charge on any atom is 0.0705 e. The van der Waals surface area contributed by atoms with Gasteiger partial charge in [-0.2, -0.15) is 0 Å². The van der Waals surface area contributed by atoms with Crippen molar-refractivity contribution >= 4 is 10.9 Å². The number of aryl methyl sites for hydroxylation is 1. The number of methoxy groups -OCH3 is 1. The van der Waals surface area contributed by atoms with E-state index >= 15 is 0 Å². The molecule has 0 aliphatic carbocycles. The van der Waals surface area contributed by atoms with Crippen LogP contribution in [0.1, 0.15) is 17.7 Å². The van der Waals surface area contributed by atoms with E-state index in [0.29, 0.717) is 13.2 Å². The fourth-order valence-corrected chi connectivity index (χ4v) is 2.16. The summed E-state index contributed by atoms with van der Waals surface area (Å²) in [6, 6.07) is 10.6. The van der Waals surface area contributed by atoms with Crippen molar-refractivity contribution in [2.24, 2.45) is 0 Å². The Morgan fingerprint density at radius 2 is 2.00 bits per heavy atom. The summed E-state index contributed by atoms with van der Waals surface area (Å²) in [6.45, 7) is 5.96. The highest BCUT2D eigenvalue weighted by Gasteiger charge is 1.98. The molecule has 0 aliphatic rings. The topological polar surface area (TPSA) is 43.4 Å². The van der Waals surface area contributed by atoms with Crippen molar-refractivity contribution in [3.05, 3.63) is 41.6 Å². The van der Waals surface area contributed by atoms with Crippen LogP contribution in [-0.4, -0.2) is 38.5 Å². The summed E-state index contributed by atoms with van der Waals surface area (Å²) in [5.41, 5.74) is 3.40. The van der Waals surface area contributed by atoms with Crippen LogP contribution >= 0.6 is 0 Å². The zero-order valence-electron chi connectivity index (χ0n) is 12.9. The van der Waals surface area contributed by atoms with E-state index < -0.39 is 0 Å². The van der Waals surface area contributed by atoms with Gasteiger partial charge < -0.3 is 14.8 Å². The molecule has 114 valence electrons. The number of pyridine rings is 1. The zero-order valence-corrected chi connectivity index (χ0v) is 12.9. The predicted molar refractivity (Wildman–Crippen MR) is 85.5 cm³/mol. The second-order valence-electron chi connectivity index (χ2n) is 5.12. The average Bonchev–Trinajstić information content (AvgIpc) is 2.50. The van der Waals surface area contributed by atoms with E-state index in [1.54, 1.807) is 7.11 Å². The van der Waals surface area contributed by atoms with Gasteiger partial charge in [-0.1, -0.05) is 12.1 Å². The molecule has 0 bridgehead atoms. The average molecular weight is 288 g/mol. The second-order valence-corrected chi connectivity index (χ2v) is 5.12. The van der Waals surface area contributed by atoms with E-state index in [4.69, 9.17) is 9.47 Å². The largest absolute Gasteiger partial charge is 0.382 e. The van der Waals surface area contributed by atoms with E-state index in [-0.39, 0.29) is 0 Å². The Kier molecular flexibility index (Phi) is 6.60. The standard InChI is InChI=1S/C17H24N2O2/c1-14-4-6-16-12-15(5-7-17(16)19-14)13-18-8-3-9-21-11-10-20-2/h4-7,12,18H,3,8-11,13H2,1-2H3. The third kappa shape index (κ3) is 5.42. The lowest BCUT2D eigenvalue weighted by Gasteiger charge is -2.07. The minimum absolute atomic E-state index is 0.665. The number of nitrogens with zero attached hydrogens (tertiary/aromatic N) is 1. The van der Waals surface area contributed by atoms with E-state index in [1.807, 2.05) is 6.92 Å². The number of ether oxygens (including phenoxy) is 2. The van der Waals surface area contributed by atoms with Crippen LogP contribution in [0.15, 0.2) is 30.3 Å². The molecule has 0 atom stereocenters. The van der Waals surface area contributed by atoms with Crippen LogP contribution in [0.5, 0.6) is 0 Å². The molecule has 1 aromatic carbocycles. The maximum atomic E-state index is 5.42. The summed E-state index contributed by atoms with van der Waals surface area (Å²) in [6.07, 6.45) is 1.01. The van der Waals surface area contributed by atoms with Gasteiger partial charge in [0, 0.05) is 31.3 Å². The molecule has 1 aromatic heterocycles. The van der Waals surface area contributed by atoms with Gasteiger partial charge in [-0.15, -0.1) is 0 Å². The summed E-state index contributed by atoms with van der Waals surface area (Å²) in [4.78, 5) is 4.51. The Balaban J connectivity index is 1.70. The van der Waals surface area contributed by atoms with Crippen LogP contribution in [0.3, 0.4) is 0 Å². The van der Waals surface area contributed by atoms with Crippen LogP contribution < -0.4 is 5.32 Å². The highest BCUT2D eigenvalue weighted by atomic mass is 16.5. The Morgan fingerprint density at radius 3 is 2.86 bits per heavy atom. The molecule has 21 heavy (non-hydrogen) atoms. The number of rotatable bonds is 9. The molecule has 1 heterocycles. The van der Waals surface area contributed by atoms with Gasteiger partial charge in [0.25, 0.3) is 0 Å². The van der Waals surface area contributed by atoms with Crippen molar-refractivity contribution in [3.63, 3.8) is 0 Å². The van der Waals surface area contributed by atoms with Crippen LogP contribution in [0.4, 0.5) is 0 Å². The number of benzene rings is 1. The summed E-state index contributed by atoms with van der Waals surface area (Å²) in [7, 11) is 1.69. The number of fused-ring (bicyclic) bond motifs is 1. The second kappa shape index (κ2) is 8.72. The van der Waals surface area contributed by atoms with Gasteiger partial charge in [0.05, 0.1) is 18.7 Å². The van der Waals surface area contributed by atoms with E-state index in [1.165, 1.54) is 10.9 Å². The smallest absolute Gasteiger partial charge is 0.0705 e. The number of hydrogen-bond donors (Lipinski definition) is 1. The molecule has 0 fully saturated rings. The molecular weight excluding hydrogens is 264 g/mol. The molecule has 4 nitrogen and oxygen atoms in total. The fraction of sp³-hybridized carbons (Fsp3) is 0.471. The first-order chi connectivity index (χ1) is 10.3. The predicted octanol–water partition coefficient (Wildman–Crippen LogP) is 2.69. The van der Waals surface area contributed by atoms with Gasteiger partial charge in [-0.3, -0.25) is 4.98 Å². The van der Waals surface area contributed by atoms with Crippen molar-refractivity contribution in [3.8, 4) is 0 Å². The lowest BCUT2D eigenvalue weighted by Crippen LogP contribution is -2.16. The Bertz CT molecular complexity index is 557. The zero-order chi connectivity index (χ0) is 14.9. The number of hydrogen-bond acceptors (Lipinski definition) is 4. The molecule has 4 heteroatoms. The Labute approximate surface area is 126 Å². The van der Waals surface area contributed by atoms with Crippen LogP contribution in [-0.2, 0) is 16.0 Å². The van der Waals surface area contributed by atoms with Gasteiger partial charge in [0.2, 0.25) is 0 Å². The van der Waals surface area contributed by atoms with Crippen molar-refractivity contribution < 1.29 is 9.47 Å². The first-order valence-electron chi connectivity index (χ1n) is 7.43. The summed E-state index contributed by atoms with van der Waals surface area (Å²) < 4.78 is 10.3. The number of nitrogens with one attached hydrogen (secondary N) is 1. The SMILES string of the molecule is COCCOCCCNCc1ccc2nc(C)ccc2c1. The third-order valence-electron chi connectivity index (χ3n) is 3.30. The first-order valence-corrected chi connectivity index (χ1v) is 7.43. The van der Waals surface area contributed by atoms with Crippen molar-refractivity contribution in [2.45, 2.75) is 19.9 Å². The van der Waals surface area contributed by atoms with Crippen molar-refractivity contribution in [2.75, 3.05) is 33.5 Å². The molecule has 0 amide bonds. The monoisotopic (exact) mass is 288 g/mol. The van der Waals surface area contributed by atoms with Gasteiger partial charge >= 0.3 is 0 Å². The van der Waals surface area contributed by atoms with E-state index in [0.717, 1.165) is 37.3 Å². The third-order valence-corrected chi connectivity index (χ3v) is 3.30. The van der Waals surface area contributed by atoms with Crippen LogP contribution in [0, 0.1) is 6.92 Å². The minimum Gasteiger partial charge on any atom is -0.382 e. The minimum atomic E-state index is 0.665. The fourth-order valence-electron chi connectivity index (χ4n) is 2.16. The highest BCUT2D eigenvalue weighted by Crippen LogP contribution is 2.14. The summed E-state index contributed by atoms with van der Waals surface area (Å²) >= 11 is 0. The molecule has 2 aromatic rings. The van der Waals surface area contributed by atoms with Gasteiger partial charge in [-0.05, 0) is 43.7 Å². The first kappa shape index (κ1) is 15.9. The maximum absolute atomic E-state index is 5.42. The normalized spacial score (nSPS) is 11.1. The van der Waals surface area contributed by atoms with Crippen molar-refractivity contribution in [1.82, 2.24) is 10.3 Å². The van der Waals surface area contributed by atoms with Crippen LogP contribution in [0.25, 0.3) is 10.9 Å². The van der Waals surface area contributed by atoms with Gasteiger partial charge in [0.1, 0.15) is 0 Å². The molecule has 0 radical (unpaired) electrons. The van der Waals surface area contributed by atoms with E-state index in [2.05, 4.69) is 40.6 Å². The summed E-state index contributed by atoms with van der Waals surface area (Å²) in [5, 5.41) is 4.63. The highest BCUT2D eigenvalue weighted by molar-refractivity contribution is 5.79. The van der Waals surface area contributed by atoms with E-state index in [9.17, 15) is 0 Å². The van der Waals surface area contributed by atoms with Crippen molar-refractivity contribution in [1.29, 1.82) is 0 Å². The molecule has 0 saturated heterocycles. The lowest BCUT2D eigenvalue weighted by atomic mass is 10.1.